The van der Waals surface area contributed by atoms with Crippen molar-refractivity contribution in [1.29, 1.82) is 0 Å². The molecule has 0 spiro atoms. The van der Waals surface area contributed by atoms with Crippen molar-refractivity contribution in [3.63, 3.8) is 0 Å². The van der Waals surface area contributed by atoms with Crippen LogP contribution in [-0.2, 0) is 13.5 Å². The van der Waals surface area contributed by atoms with Crippen LogP contribution in [0.15, 0.2) is 55.1 Å². The summed E-state index contributed by atoms with van der Waals surface area (Å²) < 4.78 is 3.43. The smallest absolute Gasteiger partial charge is 0.254 e. The van der Waals surface area contributed by atoms with E-state index in [1.54, 1.807) is 30.3 Å². The molecule has 1 aromatic carbocycles. The van der Waals surface area contributed by atoms with E-state index in [0.29, 0.717) is 12.1 Å². The lowest BCUT2D eigenvalue weighted by atomic mass is 10.1. The monoisotopic (exact) mass is 295 g/mol. The third-order valence-electron chi connectivity index (χ3n) is 3.37. The Balaban J connectivity index is 1.52. The van der Waals surface area contributed by atoms with Crippen molar-refractivity contribution < 1.29 is 4.79 Å². The number of benzene rings is 1. The predicted molar refractivity (Wildman–Crippen MR) is 82.8 cm³/mol. The van der Waals surface area contributed by atoms with Gasteiger partial charge in [-0.05, 0) is 30.2 Å². The predicted octanol–water partition coefficient (Wildman–Crippen LogP) is 1.58. The third kappa shape index (κ3) is 3.22. The maximum atomic E-state index is 11.9. The molecular weight excluding hydrogens is 278 g/mol. The maximum Gasteiger partial charge on any atom is 0.254 e. The largest absolute Gasteiger partial charge is 0.352 e. The lowest BCUT2D eigenvalue weighted by Crippen LogP contribution is -2.25. The fourth-order valence-corrected chi connectivity index (χ4v) is 2.20. The SMILES string of the molecule is Cn1cc(C(=O)NCCc2ccc(-n3cccn3)cc2)cn1. The Kier molecular flexibility index (Phi) is 4.00. The molecule has 112 valence electrons. The Labute approximate surface area is 128 Å². The summed E-state index contributed by atoms with van der Waals surface area (Å²) in [5.74, 6) is -0.0961. The highest BCUT2D eigenvalue weighted by atomic mass is 16.1. The fourth-order valence-electron chi connectivity index (χ4n) is 2.20. The Hall–Kier alpha value is -2.89. The summed E-state index contributed by atoms with van der Waals surface area (Å²) in [5.41, 5.74) is 2.77. The first kappa shape index (κ1) is 14.1. The minimum absolute atomic E-state index is 0.0961. The number of nitrogens with one attached hydrogen (secondary N) is 1. The molecule has 0 aliphatic carbocycles. The molecule has 0 radical (unpaired) electrons. The van der Waals surface area contributed by atoms with Crippen LogP contribution in [0, 0.1) is 0 Å². The van der Waals surface area contributed by atoms with Gasteiger partial charge in [0, 0.05) is 32.2 Å². The summed E-state index contributed by atoms with van der Waals surface area (Å²) in [6.07, 6.45) is 7.71. The second-order valence-electron chi connectivity index (χ2n) is 5.03. The van der Waals surface area contributed by atoms with Crippen LogP contribution < -0.4 is 5.32 Å². The zero-order valence-electron chi connectivity index (χ0n) is 12.3. The van der Waals surface area contributed by atoms with Gasteiger partial charge in [0.15, 0.2) is 0 Å². The lowest BCUT2D eigenvalue weighted by Gasteiger charge is -2.06. The fraction of sp³-hybridized carbons (Fsp3) is 0.188. The summed E-state index contributed by atoms with van der Waals surface area (Å²) >= 11 is 0. The molecular formula is C16H17N5O. The Morgan fingerprint density at radius 3 is 2.68 bits per heavy atom. The zero-order chi connectivity index (χ0) is 15.4. The van der Waals surface area contributed by atoms with Crippen molar-refractivity contribution in [3.05, 3.63) is 66.2 Å². The highest BCUT2D eigenvalue weighted by Gasteiger charge is 2.06. The van der Waals surface area contributed by atoms with Crippen LogP contribution in [0.3, 0.4) is 0 Å². The average molecular weight is 295 g/mol. The van der Waals surface area contributed by atoms with Crippen LogP contribution in [0.5, 0.6) is 0 Å². The molecule has 0 aliphatic heterocycles. The van der Waals surface area contributed by atoms with Gasteiger partial charge in [0.2, 0.25) is 0 Å². The van der Waals surface area contributed by atoms with Crippen molar-refractivity contribution >= 4 is 5.91 Å². The van der Waals surface area contributed by atoms with E-state index < -0.39 is 0 Å². The van der Waals surface area contributed by atoms with Crippen molar-refractivity contribution in [2.24, 2.45) is 7.05 Å². The quantitative estimate of drug-likeness (QED) is 0.777. The molecule has 0 saturated carbocycles. The van der Waals surface area contributed by atoms with E-state index in [-0.39, 0.29) is 5.91 Å². The number of hydrogen-bond acceptors (Lipinski definition) is 3. The Morgan fingerprint density at radius 2 is 2.05 bits per heavy atom. The molecule has 0 bridgehead atoms. The zero-order valence-corrected chi connectivity index (χ0v) is 12.3. The molecule has 22 heavy (non-hydrogen) atoms. The van der Waals surface area contributed by atoms with Crippen molar-refractivity contribution in [3.8, 4) is 5.69 Å². The maximum absolute atomic E-state index is 11.9. The Morgan fingerprint density at radius 1 is 1.23 bits per heavy atom. The Bertz CT molecular complexity index is 743. The molecule has 0 fully saturated rings. The van der Waals surface area contributed by atoms with Crippen LogP contribution in [0.4, 0.5) is 0 Å². The van der Waals surface area contributed by atoms with Gasteiger partial charge in [0.25, 0.3) is 5.91 Å². The lowest BCUT2D eigenvalue weighted by molar-refractivity contribution is 0.0954. The van der Waals surface area contributed by atoms with Gasteiger partial charge in [-0.15, -0.1) is 0 Å². The molecule has 1 N–H and O–H groups in total. The van der Waals surface area contributed by atoms with E-state index in [9.17, 15) is 4.79 Å². The van der Waals surface area contributed by atoms with E-state index >= 15 is 0 Å². The standard InChI is InChI=1S/C16H17N5O/c1-20-12-14(11-19-20)16(22)17-9-7-13-3-5-15(6-4-13)21-10-2-8-18-21/h2-6,8,10-12H,7,9H2,1H3,(H,17,22). The van der Waals surface area contributed by atoms with Crippen LogP contribution in [0.1, 0.15) is 15.9 Å². The van der Waals surface area contributed by atoms with Crippen LogP contribution in [0.2, 0.25) is 0 Å². The third-order valence-corrected chi connectivity index (χ3v) is 3.37. The van der Waals surface area contributed by atoms with Gasteiger partial charge in [-0.1, -0.05) is 12.1 Å². The van der Waals surface area contributed by atoms with Gasteiger partial charge in [-0.25, -0.2) is 4.68 Å². The second-order valence-corrected chi connectivity index (χ2v) is 5.03. The van der Waals surface area contributed by atoms with Crippen LogP contribution in [-0.4, -0.2) is 32.0 Å². The first-order chi connectivity index (χ1) is 10.7. The molecule has 6 heteroatoms. The molecule has 0 atom stereocenters. The molecule has 2 heterocycles. The van der Waals surface area contributed by atoms with E-state index in [1.807, 2.05) is 41.2 Å². The number of nitrogens with zero attached hydrogens (tertiary/aromatic N) is 4. The average Bonchev–Trinajstić information content (AvgIpc) is 3.19. The first-order valence-electron chi connectivity index (χ1n) is 7.08. The number of amides is 1. The van der Waals surface area contributed by atoms with Crippen molar-refractivity contribution in [2.75, 3.05) is 6.54 Å². The highest BCUT2D eigenvalue weighted by molar-refractivity contribution is 5.93. The van der Waals surface area contributed by atoms with Gasteiger partial charge in [0.1, 0.15) is 0 Å². The number of aromatic nitrogens is 4. The van der Waals surface area contributed by atoms with Crippen molar-refractivity contribution in [2.45, 2.75) is 6.42 Å². The summed E-state index contributed by atoms with van der Waals surface area (Å²) in [5, 5.41) is 11.1. The molecule has 6 nitrogen and oxygen atoms in total. The van der Waals surface area contributed by atoms with Gasteiger partial charge in [-0.3, -0.25) is 9.48 Å². The summed E-state index contributed by atoms with van der Waals surface area (Å²) in [7, 11) is 1.79. The molecule has 0 saturated heterocycles. The van der Waals surface area contributed by atoms with E-state index in [0.717, 1.165) is 12.1 Å². The first-order valence-corrected chi connectivity index (χ1v) is 7.08. The number of carbonyl (C=O) groups excluding carboxylic acids is 1. The normalized spacial score (nSPS) is 10.6. The summed E-state index contributed by atoms with van der Waals surface area (Å²) in [4.78, 5) is 11.9. The minimum Gasteiger partial charge on any atom is -0.352 e. The van der Waals surface area contributed by atoms with Crippen LogP contribution in [0.25, 0.3) is 5.69 Å². The number of rotatable bonds is 5. The molecule has 1 amide bonds. The minimum atomic E-state index is -0.0961. The van der Waals surface area contributed by atoms with E-state index in [4.69, 9.17) is 0 Å². The van der Waals surface area contributed by atoms with Gasteiger partial charge in [0.05, 0.1) is 17.4 Å². The van der Waals surface area contributed by atoms with E-state index in [1.165, 1.54) is 5.56 Å². The molecule has 3 rings (SSSR count). The van der Waals surface area contributed by atoms with Crippen molar-refractivity contribution in [1.82, 2.24) is 24.9 Å². The molecule has 0 aliphatic rings. The van der Waals surface area contributed by atoms with Crippen LogP contribution >= 0.6 is 0 Å². The number of aryl methyl sites for hydroxylation is 1. The molecule has 3 aromatic rings. The second kappa shape index (κ2) is 6.26. The summed E-state index contributed by atoms with van der Waals surface area (Å²) in [6, 6.07) is 10.0. The topological polar surface area (TPSA) is 64.7 Å². The summed E-state index contributed by atoms with van der Waals surface area (Å²) in [6.45, 7) is 0.592. The highest BCUT2D eigenvalue weighted by Crippen LogP contribution is 2.09. The molecule has 0 unspecified atom stereocenters. The van der Waals surface area contributed by atoms with Gasteiger partial charge in [-0.2, -0.15) is 10.2 Å². The van der Waals surface area contributed by atoms with Gasteiger partial charge >= 0.3 is 0 Å². The number of hydrogen-bond donors (Lipinski definition) is 1. The van der Waals surface area contributed by atoms with E-state index in [2.05, 4.69) is 15.5 Å². The van der Waals surface area contributed by atoms with Gasteiger partial charge < -0.3 is 5.32 Å². The molecule has 2 aromatic heterocycles. The number of carbonyl (C=O) groups is 1.